The summed E-state index contributed by atoms with van der Waals surface area (Å²) in [5, 5.41) is 0. The lowest BCUT2D eigenvalue weighted by atomic mass is 9.96. The van der Waals surface area contributed by atoms with Gasteiger partial charge in [-0.15, -0.1) is 0 Å². The summed E-state index contributed by atoms with van der Waals surface area (Å²) in [6.07, 6.45) is 1.82. The summed E-state index contributed by atoms with van der Waals surface area (Å²) in [4.78, 5) is 4.34. The highest BCUT2D eigenvalue weighted by atomic mass is 15.0. The molecule has 0 fully saturated rings. The zero-order valence-corrected chi connectivity index (χ0v) is 8.67. The Balaban J connectivity index is 2.29. The Labute approximate surface area is 95.0 Å². The van der Waals surface area contributed by atoms with Gasteiger partial charge < -0.3 is 0 Å². The summed E-state index contributed by atoms with van der Waals surface area (Å²) in [7, 11) is 5.79. The number of aromatic nitrogens is 2. The van der Waals surface area contributed by atoms with Crippen LogP contribution in [-0.2, 0) is 0 Å². The Morgan fingerprint density at radius 3 is 2.62 bits per heavy atom. The van der Waals surface area contributed by atoms with Crippen LogP contribution < -0.4 is 5.46 Å². The lowest BCUT2D eigenvalue weighted by Crippen LogP contribution is -2.01. The molecule has 0 bridgehead atoms. The molecule has 0 amide bonds. The molecule has 0 aliphatic carbocycles. The van der Waals surface area contributed by atoms with E-state index in [2.05, 4.69) is 4.98 Å². The zero-order chi connectivity index (χ0) is 11.0. The van der Waals surface area contributed by atoms with Crippen molar-refractivity contribution in [1.29, 1.82) is 0 Å². The van der Waals surface area contributed by atoms with Gasteiger partial charge in [0.25, 0.3) is 0 Å². The number of hydrogen-bond donors (Lipinski definition) is 0. The number of fused-ring (bicyclic) bond motifs is 1. The molecule has 0 aliphatic heterocycles. The molecular formula is C13H9BN2. The minimum Gasteiger partial charge on any atom is -0.299 e. The molecule has 3 aromatic rings. The van der Waals surface area contributed by atoms with E-state index in [4.69, 9.17) is 7.85 Å². The third kappa shape index (κ3) is 1.41. The van der Waals surface area contributed by atoms with E-state index in [0.717, 1.165) is 22.2 Å². The van der Waals surface area contributed by atoms with Crippen LogP contribution in [0.4, 0.5) is 0 Å². The topological polar surface area (TPSA) is 17.8 Å². The molecule has 1 heterocycles. The van der Waals surface area contributed by atoms with E-state index in [1.165, 1.54) is 0 Å². The van der Waals surface area contributed by atoms with Gasteiger partial charge >= 0.3 is 0 Å². The van der Waals surface area contributed by atoms with E-state index in [-0.39, 0.29) is 0 Å². The van der Waals surface area contributed by atoms with Crippen molar-refractivity contribution in [3.05, 3.63) is 54.9 Å². The Morgan fingerprint density at radius 2 is 1.81 bits per heavy atom. The third-order valence-electron chi connectivity index (χ3n) is 2.61. The monoisotopic (exact) mass is 204 g/mol. The van der Waals surface area contributed by atoms with Gasteiger partial charge in [-0.3, -0.25) is 4.57 Å². The lowest BCUT2D eigenvalue weighted by molar-refractivity contribution is 1.09. The van der Waals surface area contributed by atoms with Gasteiger partial charge in [-0.2, -0.15) is 0 Å². The summed E-state index contributed by atoms with van der Waals surface area (Å²) in [5.74, 6) is 0. The van der Waals surface area contributed by atoms with Gasteiger partial charge in [0, 0.05) is 5.69 Å². The molecule has 0 atom stereocenters. The maximum Gasteiger partial charge on any atom is 0.113 e. The molecule has 0 N–H and O–H groups in total. The normalized spacial score (nSPS) is 10.8. The summed E-state index contributed by atoms with van der Waals surface area (Å²) in [6, 6.07) is 15.8. The molecule has 1 aromatic heterocycles. The minimum atomic E-state index is 0.755. The fourth-order valence-electron chi connectivity index (χ4n) is 1.82. The van der Waals surface area contributed by atoms with Gasteiger partial charge in [0.15, 0.2) is 0 Å². The van der Waals surface area contributed by atoms with Gasteiger partial charge in [-0.1, -0.05) is 29.7 Å². The van der Waals surface area contributed by atoms with E-state index < -0.39 is 0 Å². The molecule has 0 saturated carbocycles. The highest BCUT2D eigenvalue weighted by molar-refractivity contribution is 6.33. The second-order valence-corrected chi connectivity index (χ2v) is 3.70. The fraction of sp³-hybridized carbons (Fsp3) is 0. The number of hydrogen-bond acceptors (Lipinski definition) is 1. The quantitative estimate of drug-likeness (QED) is 0.553. The van der Waals surface area contributed by atoms with Crippen LogP contribution in [0, 0.1) is 0 Å². The Morgan fingerprint density at radius 1 is 1.00 bits per heavy atom. The first kappa shape index (κ1) is 9.22. The smallest absolute Gasteiger partial charge is 0.113 e. The first-order valence-electron chi connectivity index (χ1n) is 5.12. The van der Waals surface area contributed by atoms with Crippen LogP contribution in [0.25, 0.3) is 16.7 Å². The van der Waals surface area contributed by atoms with Gasteiger partial charge in [-0.05, 0) is 24.3 Å². The highest BCUT2D eigenvalue weighted by Crippen LogP contribution is 2.16. The standard InChI is InChI=1S/C13H9BN2/c14-10-6-7-12-13(8-10)16(9-15-12)11-4-2-1-3-5-11/h1-9H. The summed E-state index contributed by atoms with van der Waals surface area (Å²) in [5.41, 5.74) is 3.84. The van der Waals surface area contributed by atoms with Crippen LogP contribution >= 0.6 is 0 Å². The van der Waals surface area contributed by atoms with Crippen molar-refractivity contribution in [3.63, 3.8) is 0 Å². The van der Waals surface area contributed by atoms with Crippen molar-refractivity contribution in [1.82, 2.24) is 9.55 Å². The molecule has 3 heteroatoms. The average molecular weight is 204 g/mol. The molecule has 74 valence electrons. The van der Waals surface area contributed by atoms with Crippen LogP contribution in [0.2, 0.25) is 0 Å². The largest absolute Gasteiger partial charge is 0.299 e. The van der Waals surface area contributed by atoms with Crippen molar-refractivity contribution in [2.24, 2.45) is 0 Å². The molecule has 16 heavy (non-hydrogen) atoms. The van der Waals surface area contributed by atoms with Gasteiger partial charge in [-0.25, -0.2) is 4.98 Å². The number of nitrogens with zero attached hydrogens (tertiary/aromatic N) is 2. The SMILES string of the molecule is [B]c1ccc2ncn(-c3ccccc3)c2c1. The van der Waals surface area contributed by atoms with Crippen LogP contribution in [-0.4, -0.2) is 17.4 Å². The fourth-order valence-corrected chi connectivity index (χ4v) is 1.82. The number of para-hydroxylation sites is 1. The van der Waals surface area contributed by atoms with Gasteiger partial charge in [0.2, 0.25) is 0 Å². The van der Waals surface area contributed by atoms with E-state index in [1.807, 2.05) is 59.4 Å². The first-order chi connectivity index (χ1) is 7.84. The van der Waals surface area contributed by atoms with Crippen molar-refractivity contribution < 1.29 is 0 Å². The van der Waals surface area contributed by atoms with E-state index >= 15 is 0 Å². The maximum absolute atomic E-state index is 5.79. The Kier molecular flexibility index (Phi) is 2.03. The summed E-state index contributed by atoms with van der Waals surface area (Å²) < 4.78 is 2.03. The van der Waals surface area contributed by atoms with E-state index in [0.29, 0.717) is 0 Å². The molecule has 0 saturated heterocycles. The van der Waals surface area contributed by atoms with Crippen LogP contribution in [0.1, 0.15) is 0 Å². The van der Waals surface area contributed by atoms with Gasteiger partial charge in [0.1, 0.15) is 14.2 Å². The van der Waals surface area contributed by atoms with Crippen molar-refractivity contribution in [2.45, 2.75) is 0 Å². The maximum atomic E-state index is 5.79. The molecule has 2 nitrogen and oxygen atoms in total. The molecular weight excluding hydrogens is 195 g/mol. The molecule has 3 rings (SSSR count). The Hall–Kier alpha value is -2.03. The van der Waals surface area contributed by atoms with E-state index in [1.54, 1.807) is 0 Å². The number of rotatable bonds is 1. The predicted molar refractivity (Wildman–Crippen MR) is 66.5 cm³/mol. The second-order valence-electron chi connectivity index (χ2n) is 3.70. The summed E-state index contributed by atoms with van der Waals surface area (Å²) in [6.45, 7) is 0. The predicted octanol–water partition coefficient (Wildman–Crippen LogP) is 1.82. The molecule has 2 radical (unpaired) electrons. The molecule has 0 aliphatic rings. The summed E-state index contributed by atoms with van der Waals surface area (Å²) >= 11 is 0. The highest BCUT2D eigenvalue weighted by Gasteiger charge is 2.03. The molecule has 0 unspecified atom stereocenters. The molecule has 0 spiro atoms. The third-order valence-corrected chi connectivity index (χ3v) is 2.61. The van der Waals surface area contributed by atoms with Crippen molar-refractivity contribution in [3.8, 4) is 5.69 Å². The molecule has 2 aromatic carbocycles. The minimum absolute atomic E-state index is 0.755. The zero-order valence-electron chi connectivity index (χ0n) is 8.67. The van der Waals surface area contributed by atoms with Crippen molar-refractivity contribution in [2.75, 3.05) is 0 Å². The number of imidazole rings is 1. The van der Waals surface area contributed by atoms with Crippen LogP contribution in [0.5, 0.6) is 0 Å². The van der Waals surface area contributed by atoms with Crippen LogP contribution in [0.15, 0.2) is 54.9 Å². The van der Waals surface area contributed by atoms with Crippen LogP contribution in [0.3, 0.4) is 0 Å². The van der Waals surface area contributed by atoms with Gasteiger partial charge in [0.05, 0.1) is 11.0 Å². The first-order valence-corrected chi connectivity index (χ1v) is 5.12. The number of benzene rings is 2. The second kappa shape index (κ2) is 3.52. The van der Waals surface area contributed by atoms with Crippen molar-refractivity contribution >= 4 is 24.3 Å². The van der Waals surface area contributed by atoms with E-state index in [9.17, 15) is 0 Å². The lowest BCUT2D eigenvalue weighted by Gasteiger charge is -2.03. The Bertz CT molecular complexity index is 629. The average Bonchev–Trinajstić information content (AvgIpc) is 2.73.